The molecule has 1 aromatic heterocycles. The van der Waals surface area contributed by atoms with Crippen LogP contribution in [0.1, 0.15) is 34.2 Å². The Morgan fingerprint density at radius 1 is 1.19 bits per heavy atom. The number of anilines is 1. The number of carbonyl (C=O) groups excluding carboxylic acids is 1. The lowest BCUT2D eigenvalue weighted by atomic mass is 10.1. The van der Waals surface area contributed by atoms with E-state index >= 15 is 0 Å². The van der Waals surface area contributed by atoms with Crippen LogP contribution in [0.3, 0.4) is 0 Å². The number of aliphatic hydroxyl groups is 1. The second kappa shape index (κ2) is 10.1. The summed E-state index contributed by atoms with van der Waals surface area (Å²) < 4.78 is 68.1. The number of aliphatic hydroxyl groups excluding tert-OH is 1. The van der Waals surface area contributed by atoms with Crippen LogP contribution in [0.2, 0.25) is 5.02 Å². The first kappa shape index (κ1) is 27.5. The minimum absolute atomic E-state index is 0.0301. The predicted octanol–water partition coefficient (Wildman–Crippen LogP) is 4.47. The number of hydrogen-bond acceptors (Lipinski definition) is 5. The van der Waals surface area contributed by atoms with Crippen LogP contribution in [-0.4, -0.2) is 36.5 Å². The summed E-state index contributed by atoms with van der Waals surface area (Å²) in [5, 5.41) is 17.4. The van der Waals surface area contributed by atoms with Crippen LogP contribution < -0.4 is 15.2 Å². The molecule has 0 saturated heterocycles. The SMILES string of the molecule is Cc1ccc(-n2c(CC(C)O)cc(C(=O)Nc3ccc(S(N)(=O)=O)c(Cl)c3)c2C)c(OC(F)(F)F)c1. The first-order chi connectivity index (χ1) is 16.6. The fraction of sp³-hybridized carbons (Fsp3) is 0.261. The summed E-state index contributed by atoms with van der Waals surface area (Å²) in [5.74, 6) is -1.10. The molecule has 0 aliphatic rings. The third kappa shape index (κ3) is 6.38. The predicted molar refractivity (Wildman–Crippen MR) is 128 cm³/mol. The van der Waals surface area contributed by atoms with Crippen molar-refractivity contribution in [1.82, 2.24) is 4.57 Å². The van der Waals surface area contributed by atoms with Crippen molar-refractivity contribution in [2.75, 3.05) is 5.32 Å². The molecule has 1 unspecified atom stereocenters. The average Bonchev–Trinajstić information content (AvgIpc) is 3.01. The summed E-state index contributed by atoms with van der Waals surface area (Å²) in [6.45, 7) is 4.65. The second-order valence-corrected chi connectivity index (χ2v) is 10.1. The summed E-state index contributed by atoms with van der Waals surface area (Å²) in [7, 11) is -4.07. The highest BCUT2D eigenvalue weighted by atomic mass is 35.5. The van der Waals surface area contributed by atoms with E-state index in [0.29, 0.717) is 11.3 Å². The van der Waals surface area contributed by atoms with Gasteiger partial charge < -0.3 is 19.7 Å². The molecule has 0 aliphatic heterocycles. The Morgan fingerprint density at radius 2 is 1.86 bits per heavy atom. The number of nitrogens with two attached hydrogens (primary N) is 1. The lowest BCUT2D eigenvalue weighted by Gasteiger charge is -2.19. The molecule has 2 aromatic carbocycles. The van der Waals surface area contributed by atoms with Crippen molar-refractivity contribution >= 4 is 33.2 Å². The van der Waals surface area contributed by atoms with Crippen molar-refractivity contribution < 1.29 is 36.2 Å². The number of nitrogens with one attached hydrogen (secondary N) is 1. The van der Waals surface area contributed by atoms with Crippen molar-refractivity contribution in [3.05, 3.63) is 70.0 Å². The van der Waals surface area contributed by atoms with Gasteiger partial charge >= 0.3 is 6.36 Å². The maximum Gasteiger partial charge on any atom is 0.573 e. The third-order valence-corrected chi connectivity index (χ3v) is 6.54. The Bertz CT molecular complexity index is 1420. The standard InChI is InChI=1S/C23H23ClF3N3O5S/c1-12-4-6-19(20(8-12)35-23(25,26)27)30-14(3)17(11-16(30)9-13(2)31)22(32)29-15-5-7-21(18(24)10-15)36(28,33)34/h4-8,10-11,13,31H,9H2,1-3H3,(H,29,32)(H2,28,33,34). The van der Waals surface area contributed by atoms with Crippen molar-refractivity contribution in [1.29, 1.82) is 0 Å². The maximum absolute atomic E-state index is 13.1. The summed E-state index contributed by atoms with van der Waals surface area (Å²) in [6.07, 6.45) is -5.78. The largest absolute Gasteiger partial charge is 0.573 e. The Kier molecular flexibility index (Phi) is 7.75. The summed E-state index contributed by atoms with van der Waals surface area (Å²) >= 11 is 5.98. The van der Waals surface area contributed by atoms with Crippen LogP contribution >= 0.6 is 11.6 Å². The van der Waals surface area contributed by atoms with Crippen LogP contribution in [0.5, 0.6) is 5.75 Å². The van der Waals surface area contributed by atoms with Gasteiger partial charge in [0.25, 0.3) is 5.91 Å². The molecule has 0 spiro atoms. The summed E-state index contributed by atoms with van der Waals surface area (Å²) in [5.41, 5.74) is 1.48. The van der Waals surface area contributed by atoms with E-state index < -0.39 is 34.1 Å². The zero-order valence-corrected chi connectivity index (χ0v) is 20.9. The number of primary sulfonamides is 1. The summed E-state index contributed by atoms with van der Waals surface area (Å²) in [6, 6.07) is 9.34. The van der Waals surface area contributed by atoms with Crippen LogP contribution in [0.15, 0.2) is 47.4 Å². The first-order valence-electron chi connectivity index (χ1n) is 10.5. The van der Waals surface area contributed by atoms with E-state index in [1.165, 1.54) is 48.7 Å². The molecule has 0 bridgehead atoms. The van der Waals surface area contributed by atoms with E-state index in [1.54, 1.807) is 13.0 Å². The number of nitrogens with zero attached hydrogens (tertiary/aromatic N) is 1. The fourth-order valence-electron chi connectivity index (χ4n) is 3.71. The Hall–Kier alpha value is -3.06. The van der Waals surface area contributed by atoms with E-state index in [9.17, 15) is 31.5 Å². The van der Waals surface area contributed by atoms with Gasteiger partial charge in [-0.2, -0.15) is 0 Å². The number of carbonyl (C=O) groups is 1. The van der Waals surface area contributed by atoms with Crippen LogP contribution in [0.4, 0.5) is 18.9 Å². The zero-order valence-electron chi connectivity index (χ0n) is 19.4. The first-order valence-corrected chi connectivity index (χ1v) is 12.4. The lowest BCUT2D eigenvalue weighted by molar-refractivity contribution is -0.274. The molecule has 8 nitrogen and oxygen atoms in total. The number of aromatic nitrogens is 1. The molecule has 3 aromatic rings. The number of halogens is 4. The van der Waals surface area contributed by atoms with Crippen molar-refractivity contribution in [3.8, 4) is 11.4 Å². The van der Waals surface area contributed by atoms with Gasteiger partial charge in [-0.05, 0) is 62.7 Å². The minimum Gasteiger partial charge on any atom is -0.404 e. The number of rotatable bonds is 7. The quantitative estimate of drug-likeness (QED) is 0.404. The molecule has 194 valence electrons. The fourth-order valence-corrected chi connectivity index (χ4v) is 4.80. The second-order valence-electron chi connectivity index (χ2n) is 8.19. The normalized spacial score (nSPS) is 12.9. The topological polar surface area (TPSA) is 124 Å². The minimum atomic E-state index is -4.95. The van der Waals surface area contributed by atoms with Gasteiger partial charge in [-0.25, -0.2) is 13.6 Å². The van der Waals surface area contributed by atoms with E-state index in [4.69, 9.17) is 16.7 Å². The molecule has 3 rings (SSSR count). The summed E-state index contributed by atoms with van der Waals surface area (Å²) in [4.78, 5) is 12.8. The van der Waals surface area contributed by atoms with Gasteiger partial charge in [0.2, 0.25) is 10.0 Å². The van der Waals surface area contributed by atoms with Gasteiger partial charge in [0.15, 0.2) is 5.75 Å². The van der Waals surface area contributed by atoms with Crippen molar-refractivity contribution in [2.24, 2.45) is 5.14 Å². The Labute approximate surface area is 210 Å². The molecule has 36 heavy (non-hydrogen) atoms. The number of sulfonamides is 1. The number of amides is 1. The Balaban J connectivity index is 2.07. The lowest BCUT2D eigenvalue weighted by Crippen LogP contribution is -2.19. The molecule has 0 radical (unpaired) electrons. The van der Waals surface area contributed by atoms with Gasteiger partial charge in [0, 0.05) is 23.5 Å². The van der Waals surface area contributed by atoms with Gasteiger partial charge in [-0.1, -0.05) is 17.7 Å². The molecule has 0 saturated carbocycles. The number of ether oxygens (including phenoxy) is 1. The molecular weight excluding hydrogens is 523 g/mol. The zero-order chi connectivity index (χ0) is 27.0. The molecule has 1 heterocycles. The molecular formula is C23H23ClF3N3O5S. The molecule has 4 N–H and O–H groups in total. The van der Waals surface area contributed by atoms with Crippen LogP contribution in [0.25, 0.3) is 5.69 Å². The molecule has 1 atom stereocenters. The van der Waals surface area contributed by atoms with Gasteiger partial charge in [-0.3, -0.25) is 4.79 Å². The van der Waals surface area contributed by atoms with Gasteiger partial charge in [0.05, 0.1) is 22.4 Å². The smallest absolute Gasteiger partial charge is 0.404 e. The van der Waals surface area contributed by atoms with Crippen LogP contribution in [0, 0.1) is 13.8 Å². The Morgan fingerprint density at radius 3 is 2.42 bits per heavy atom. The number of aryl methyl sites for hydroxylation is 1. The molecule has 13 heteroatoms. The van der Waals surface area contributed by atoms with Crippen molar-refractivity contribution in [3.63, 3.8) is 0 Å². The number of benzene rings is 2. The van der Waals surface area contributed by atoms with Crippen LogP contribution in [-0.2, 0) is 16.4 Å². The van der Waals surface area contributed by atoms with E-state index in [0.717, 1.165) is 6.07 Å². The average molecular weight is 546 g/mol. The van der Waals surface area contributed by atoms with E-state index in [1.807, 2.05) is 0 Å². The van der Waals surface area contributed by atoms with Gasteiger partial charge in [-0.15, -0.1) is 13.2 Å². The third-order valence-electron chi connectivity index (χ3n) is 5.15. The highest BCUT2D eigenvalue weighted by molar-refractivity contribution is 7.89. The molecule has 0 fully saturated rings. The van der Waals surface area contributed by atoms with E-state index in [-0.39, 0.29) is 39.0 Å². The number of hydrogen-bond donors (Lipinski definition) is 3. The van der Waals surface area contributed by atoms with Gasteiger partial charge in [0.1, 0.15) is 4.90 Å². The monoisotopic (exact) mass is 545 g/mol. The molecule has 1 amide bonds. The van der Waals surface area contributed by atoms with Crippen molar-refractivity contribution in [2.45, 2.75) is 44.6 Å². The number of alkyl halides is 3. The van der Waals surface area contributed by atoms with E-state index in [2.05, 4.69) is 10.1 Å². The highest BCUT2D eigenvalue weighted by Crippen LogP contribution is 2.34. The highest BCUT2D eigenvalue weighted by Gasteiger charge is 2.33. The maximum atomic E-state index is 13.1. The molecule has 0 aliphatic carbocycles.